The smallest absolute Gasteiger partial charge is 0.377 e. The van der Waals surface area contributed by atoms with Gasteiger partial charge in [0.1, 0.15) is 19.8 Å². The zero-order chi connectivity index (χ0) is 37.5. The Kier molecular flexibility index (Phi) is 21.3. The number of anilines is 1. The fourth-order valence-corrected chi connectivity index (χ4v) is 6.14. The molecule has 290 valence electrons. The summed E-state index contributed by atoms with van der Waals surface area (Å²) in [6.07, 6.45) is 19.1. The quantitative estimate of drug-likeness (QED) is 0.0210. The van der Waals surface area contributed by atoms with Crippen LogP contribution in [0.1, 0.15) is 110 Å². The van der Waals surface area contributed by atoms with Crippen LogP contribution in [0.15, 0.2) is 28.9 Å². The van der Waals surface area contributed by atoms with E-state index in [1.54, 1.807) is 12.1 Å². The third-order valence-electron chi connectivity index (χ3n) is 8.50. The second kappa shape index (κ2) is 24.5. The van der Waals surface area contributed by atoms with Gasteiger partial charge in [0.2, 0.25) is 11.4 Å². The van der Waals surface area contributed by atoms with Crippen molar-refractivity contribution < 1.29 is 48.0 Å². The third-order valence-corrected chi connectivity index (χ3v) is 9.48. The highest BCUT2D eigenvalue weighted by atomic mass is 31.2. The average Bonchev–Trinajstić information content (AvgIpc) is 3.56. The largest absolute Gasteiger partial charge is 0.606 e. The summed E-state index contributed by atoms with van der Waals surface area (Å²) in [7, 11) is 1.40. The Morgan fingerprint density at radius 2 is 1.61 bits per heavy atom. The summed E-state index contributed by atoms with van der Waals surface area (Å²) in [4.78, 5) is 46.6. The van der Waals surface area contributed by atoms with Crippen molar-refractivity contribution in [2.75, 3.05) is 52.8 Å². The first-order valence-corrected chi connectivity index (χ1v) is 20.0. The Labute approximate surface area is 303 Å². The van der Waals surface area contributed by atoms with Crippen LogP contribution < -0.4 is 15.5 Å². The van der Waals surface area contributed by atoms with E-state index in [-0.39, 0.29) is 35.1 Å². The molecule has 0 saturated carbocycles. The number of hydrogen-bond donors (Lipinski definition) is 5. The molecular weight excluding hydrogens is 679 g/mol. The summed E-state index contributed by atoms with van der Waals surface area (Å²) < 4.78 is 15.6. The van der Waals surface area contributed by atoms with E-state index >= 15 is 0 Å². The number of carbonyl (C=O) groups excluding carboxylic acids is 1. The van der Waals surface area contributed by atoms with Gasteiger partial charge in [-0.2, -0.15) is 13.9 Å². The fraction of sp³-hybridized carbons (Fsp3) is 0.743. The number of nitrogens with one attached hydrogen (secondary N) is 2. The number of nitrogens with zero attached hydrogens (tertiary/aromatic N) is 4. The summed E-state index contributed by atoms with van der Waals surface area (Å²) in [5.74, 6) is -0.315. The number of quaternary nitrogens is 1. The highest BCUT2D eigenvalue weighted by molar-refractivity contribution is 7.52. The Balaban J connectivity index is 1.78. The Bertz CT molecular complexity index is 1300. The van der Waals surface area contributed by atoms with Crippen molar-refractivity contribution in [2.24, 2.45) is 0 Å². The molecule has 0 aliphatic rings. The molecule has 1 aromatic heterocycles. The van der Waals surface area contributed by atoms with Gasteiger partial charge >= 0.3 is 13.9 Å². The minimum Gasteiger partial charge on any atom is -0.606 e. The van der Waals surface area contributed by atoms with E-state index in [1.165, 1.54) is 63.9 Å². The number of amides is 1. The highest BCUT2D eigenvalue weighted by Crippen LogP contribution is 2.47. The first-order chi connectivity index (χ1) is 24.3. The van der Waals surface area contributed by atoms with Crippen molar-refractivity contribution in [1.29, 1.82) is 0 Å². The van der Waals surface area contributed by atoms with E-state index < -0.39 is 26.9 Å². The Morgan fingerprint density at radius 3 is 2.25 bits per heavy atom. The fourth-order valence-electron chi connectivity index (χ4n) is 5.40. The highest BCUT2D eigenvalue weighted by Gasteiger charge is 2.32. The predicted molar refractivity (Wildman–Crippen MR) is 196 cm³/mol. The van der Waals surface area contributed by atoms with Crippen LogP contribution in [-0.2, 0) is 13.8 Å². The Morgan fingerprint density at radius 1 is 0.980 bits per heavy atom. The number of likely N-dealkylation sites (N-methyl/N-ethyl adjacent to an activating group) is 1. The summed E-state index contributed by atoms with van der Waals surface area (Å²) in [6, 6.07) is 2.05. The first-order valence-electron chi connectivity index (χ1n) is 18.5. The average molecular weight is 743 g/mol. The maximum Gasteiger partial charge on any atom is 0.377 e. The van der Waals surface area contributed by atoms with E-state index in [0.717, 1.165) is 19.3 Å². The van der Waals surface area contributed by atoms with Crippen LogP contribution in [0.3, 0.4) is 0 Å². The lowest BCUT2D eigenvalue weighted by Crippen LogP contribution is -2.46. The number of unbranched alkanes of at least 4 members (excludes halogenated alkanes) is 13. The lowest BCUT2D eigenvalue weighted by atomic mass is 10.0. The lowest BCUT2D eigenvalue weighted by molar-refractivity contribution is -0.870. The van der Waals surface area contributed by atoms with E-state index in [2.05, 4.69) is 27.9 Å². The number of aliphatic hydroxyl groups excluding tert-OH is 1. The molecule has 16 heteroatoms. The molecule has 0 saturated heterocycles. The van der Waals surface area contributed by atoms with Gasteiger partial charge in [-0.05, 0) is 42.1 Å². The molecule has 2 aromatic rings. The van der Waals surface area contributed by atoms with E-state index in [0.29, 0.717) is 48.0 Å². The normalized spacial score (nSPS) is 14.5. The second-order valence-corrected chi connectivity index (χ2v) is 15.6. The molecular formula is C35H63N6O9P+2. The van der Waals surface area contributed by atoms with Gasteiger partial charge in [0.25, 0.3) is 4.92 Å². The van der Waals surface area contributed by atoms with Crippen LogP contribution in [0.4, 0.5) is 11.4 Å². The van der Waals surface area contributed by atoms with Gasteiger partial charge in [0.15, 0.2) is 5.52 Å². The van der Waals surface area contributed by atoms with Gasteiger partial charge in [-0.25, -0.2) is 9.84 Å². The van der Waals surface area contributed by atoms with E-state index in [1.807, 2.05) is 27.2 Å². The molecule has 5 N–H and O–H groups in total. The summed E-state index contributed by atoms with van der Waals surface area (Å²) >= 11 is 0. The molecule has 1 heterocycles. The van der Waals surface area contributed by atoms with Gasteiger partial charge in [0.05, 0.1) is 43.9 Å². The zero-order valence-electron chi connectivity index (χ0n) is 31.1. The van der Waals surface area contributed by atoms with E-state index in [9.17, 15) is 29.8 Å². The summed E-state index contributed by atoms with van der Waals surface area (Å²) in [6.45, 7) is 2.88. The lowest BCUT2D eigenvalue weighted by Gasteiger charge is -2.27. The van der Waals surface area contributed by atoms with Gasteiger partial charge in [-0.3, -0.25) is 4.79 Å². The van der Waals surface area contributed by atoms with Crippen molar-refractivity contribution in [3.8, 4) is 0 Å². The number of fused-ring (bicyclic) bond motifs is 1. The van der Waals surface area contributed by atoms with Crippen molar-refractivity contribution in [1.82, 2.24) is 15.6 Å². The zero-order valence-corrected chi connectivity index (χ0v) is 32.0. The number of rotatable bonds is 30. The minimum absolute atomic E-state index is 0.0116. The summed E-state index contributed by atoms with van der Waals surface area (Å²) in [5, 5.41) is 33.6. The topological polar surface area (TPSA) is 202 Å². The summed E-state index contributed by atoms with van der Waals surface area (Å²) in [5.41, 5.74) is 0.955. The third kappa shape index (κ3) is 19.6. The maximum absolute atomic E-state index is 12.9. The minimum atomic E-state index is -4.40. The van der Waals surface area contributed by atoms with Crippen LogP contribution >= 0.6 is 8.17 Å². The number of phosphoric ester groups is 1. The standard InChI is InChI=1S/C35H61N6O9P/c1-5-6-7-8-9-10-11-12-13-14-15-16-18-21-32(42)30(28-49-51(46,47)48-27-26-41(2,3)4)37-33(43)22-19-17-20-25-36-29-23-24-31(40(44)45)35-34(29)38-50-39-35/h18,21,23-24,30,32,42H,5-17,19-20,22,25-28H2,1-4H3,(H2-2,36,37,39,43,44,45,46,47)/p+2/b21-18+/t30-,32+/m0/s1. The van der Waals surface area contributed by atoms with Crippen molar-refractivity contribution in [3.63, 3.8) is 0 Å². The number of aromatic nitrogens is 2. The van der Waals surface area contributed by atoms with Gasteiger partial charge in [-0.15, -0.1) is 0 Å². The number of benzene rings is 1. The number of aliphatic hydroxyl groups is 1. The first kappa shape index (κ1) is 44.4. The molecule has 3 atom stereocenters. The van der Waals surface area contributed by atoms with Gasteiger partial charge in [-0.1, -0.05) is 89.7 Å². The molecule has 0 fully saturated rings. The van der Waals surface area contributed by atoms with Gasteiger partial charge < -0.3 is 25.1 Å². The Hall–Kier alpha value is -2.78. The molecule has 2 rings (SSSR count). The predicted octanol–water partition coefficient (Wildman–Crippen LogP) is 5.87. The second-order valence-electron chi connectivity index (χ2n) is 14.1. The van der Waals surface area contributed by atoms with Crippen LogP contribution in [0.25, 0.3) is 11.0 Å². The molecule has 15 nitrogen and oxygen atoms in total. The number of phosphoric acid groups is 1. The van der Waals surface area contributed by atoms with Crippen molar-refractivity contribution in [2.45, 2.75) is 122 Å². The monoisotopic (exact) mass is 742 g/mol. The van der Waals surface area contributed by atoms with Gasteiger partial charge in [0, 0.05) is 19.0 Å². The molecule has 1 aromatic carbocycles. The van der Waals surface area contributed by atoms with Crippen molar-refractivity contribution >= 4 is 36.5 Å². The molecule has 0 bridgehead atoms. The SMILES string of the molecule is CCCCCCCCCCCCC/C=C/[C@@H](O)[C@H](CO[P+]([O-])(O)OCC[N+](C)(C)C)NC(=O)CCCCCNc1ccc([N+](=O)O)c2nonc12. The molecule has 51 heavy (non-hydrogen) atoms. The molecule has 0 radical (unpaired) electrons. The maximum atomic E-state index is 12.9. The molecule has 0 spiro atoms. The van der Waals surface area contributed by atoms with Crippen LogP contribution in [0.2, 0.25) is 0 Å². The van der Waals surface area contributed by atoms with Crippen LogP contribution in [0, 0.1) is 4.91 Å². The number of hydrogen-bond acceptors (Lipinski definition) is 11. The number of carbonyl (C=O) groups is 1. The van der Waals surface area contributed by atoms with Crippen LogP contribution in [-0.4, -0.2) is 100 Å². The molecule has 1 amide bonds. The molecule has 0 aliphatic heterocycles. The molecule has 0 aliphatic carbocycles. The molecule has 1 unspecified atom stereocenters. The van der Waals surface area contributed by atoms with Crippen LogP contribution in [0.5, 0.6) is 0 Å². The number of allylic oxidation sites excluding steroid dienone is 1. The van der Waals surface area contributed by atoms with Crippen molar-refractivity contribution in [3.05, 3.63) is 29.2 Å². The van der Waals surface area contributed by atoms with E-state index in [4.69, 9.17) is 13.7 Å².